The normalized spacial score (nSPS) is 11.5. The van der Waals surface area contributed by atoms with Crippen LogP contribution in [-0.4, -0.2) is 9.55 Å². The van der Waals surface area contributed by atoms with Crippen LogP contribution in [0.15, 0.2) is 78.9 Å². The monoisotopic (exact) mass is 328 g/mol. The van der Waals surface area contributed by atoms with Gasteiger partial charge in [0.2, 0.25) is 0 Å². The van der Waals surface area contributed by atoms with Crippen LogP contribution in [0.3, 0.4) is 0 Å². The number of rotatable bonds is 1. The number of para-hydroxylation sites is 2. The third kappa shape index (κ3) is 1.93. The second-order valence-electron chi connectivity index (χ2n) is 5.88. The smallest absolute Gasteiger partial charge is 0.146 e. The molecule has 0 N–H and O–H groups in total. The minimum absolute atomic E-state index is 0.739. The number of benzene rings is 3. The lowest BCUT2D eigenvalue weighted by Gasteiger charge is -2.07. The maximum absolute atomic E-state index is 6.26. The molecule has 5 rings (SSSR count). The van der Waals surface area contributed by atoms with Crippen molar-refractivity contribution in [2.75, 3.05) is 0 Å². The van der Waals surface area contributed by atoms with Crippen LogP contribution in [0.5, 0.6) is 0 Å². The molecular formula is C21H13ClN2. The van der Waals surface area contributed by atoms with E-state index in [1.54, 1.807) is 0 Å². The van der Waals surface area contributed by atoms with Crippen LogP contribution in [-0.2, 0) is 0 Å². The molecule has 0 aliphatic heterocycles. The first-order valence-corrected chi connectivity index (χ1v) is 8.24. The van der Waals surface area contributed by atoms with E-state index in [1.807, 2.05) is 42.5 Å². The Labute approximate surface area is 143 Å². The number of nitrogens with zero attached hydrogens (tertiary/aromatic N) is 2. The molecule has 0 fully saturated rings. The molecule has 114 valence electrons. The average molecular weight is 329 g/mol. The van der Waals surface area contributed by atoms with Crippen LogP contribution >= 0.6 is 11.6 Å². The summed E-state index contributed by atoms with van der Waals surface area (Å²) in [6, 6.07) is 26.8. The van der Waals surface area contributed by atoms with Gasteiger partial charge in [0.15, 0.2) is 0 Å². The molecule has 3 heteroatoms. The fourth-order valence-corrected chi connectivity index (χ4v) is 3.52. The van der Waals surface area contributed by atoms with Gasteiger partial charge in [0.25, 0.3) is 0 Å². The van der Waals surface area contributed by atoms with Crippen LogP contribution in [0, 0.1) is 0 Å². The maximum Gasteiger partial charge on any atom is 0.146 e. The van der Waals surface area contributed by atoms with E-state index in [1.165, 1.54) is 0 Å². The zero-order valence-electron chi connectivity index (χ0n) is 12.8. The van der Waals surface area contributed by atoms with E-state index >= 15 is 0 Å². The van der Waals surface area contributed by atoms with Crippen LogP contribution in [0.4, 0.5) is 0 Å². The molecule has 0 bridgehead atoms. The highest BCUT2D eigenvalue weighted by atomic mass is 35.5. The molecule has 0 aliphatic carbocycles. The van der Waals surface area contributed by atoms with E-state index in [9.17, 15) is 0 Å². The lowest BCUT2D eigenvalue weighted by Crippen LogP contribution is -1.95. The van der Waals surface area contributed by atoms with E-state index < -0.39 is 0 Å². The predicted molar refractivity (Wildman–Crippen MR) is 101 cm³/mol. The Kier molecular flexibility index (Phi) is 2.88. The first-order valence-electron chi connectivity index (χ1n) is 7.86. The predicted octanol–water partition coefficient (Wildman–Crippen LogP) is 5.99. The maximum atomic E-state index is 6.26. The molecule has 2 aromatic heterocycles. The molecule has 2 nitrogen and oxygen atoms in total. The summed E-state index contributed by atoms with van der Waals surface area (Å²) < 4.78 is 2.20. The SMILES string of the molecule is Clc1ccc2c(c1)c1cc3ccccc3nc1n2-c1ccccc1. The van der Waals surface area contributed by atoms with E-state index in [-0.39, 0.29) is 0 Å². The van der Waals surface area contributed by atoms with Crippen LogP contribution in [0.2, 0.25) is 5.02 Å². The highest BCUT2D eigenvalue weighted by Crippen LogP contribution is 2.34. The van der Waals surface area contributed by atoms with Crippen molar-refractivity contribution in [3.8, 4) is 5.69 Å². The fourth-order valence-electron chi connectivity index (χ4n) is 3.35. The van der Waals surface area contributed by atoms with E-state index in [4.69, 9.17) is 16.6 Å². The molecule has 0 saturated carbocycles. The molecular weight excluding hydrogens is 316 g/mol. The standard InChI is InChI=1S/C21H13ClN2/c22-15-10-11-20-17(13-15)18-12-14-6-4-5-9-19(14)23-21(18)24(20)16-7-2-1-3-8-16/h1-13H. The number of hydrogen-bond donors (Lipinski definition) is 0. The van der Waals surface area contributed by atoms with Crippen molar-refractivity contribution in [3.05, 3.63) is 83.9 Å². The molecule has 0 amide bonds. The summed E-state index contributed by atoms with van der Waals surface area (Å²) in [4.78, 5) is 4.94. The number of halogens is 1. The fraction of sp³-hybridized carbons (Fsp3) is 0. The van der Waals surface area contributed by atoms with Crippen molar-refractivity contribution in [1.29, 1.82) is 0 Å². The molecule has 0 unspecified atom stereocenters. The molecule has 0 aliphatic rings. The first-order chi connectivity index (χ1) is 11.8. The van der Waals surface area contributed by atoms with Gasteiger partial charge in [-0.05, 0) is 42.5 Å². The van der Waals surface area contributed by atoms with Crippen LogP contribution in [0.25, 0.3) is 38.5 Å². The molecule has 3 aromatic carbocycles. The lowest BCUT2D eigenvalue weighted by atomic mass is 10.1. The van der Waals surface area contributed by atoms with Gasteiger partial charge in [-0.25, -0.2) is 4.98 Å². The van der Waals surface area contributed by atoms with Crippen molar-refractivity contribution in [2.24, 2.45) is 0 Å². The number of pyridine rings is 1. The van der Waals surface area contributed by atoms with Crippen molar-refractivity contribution < 1.29 is 0 Å². The summed E-state index contributed by atoms with van der Waals surface area (Å²) in [6.45, 7) is 0. The van der Waals surface area contributed by atoms with Crippen LogP contribution < -0.4 is 0 Å². The van der Waals surface area contributed by atoms with Crippen LogP contribution in [0.1, 0.15) is 0 Å². The topological polar surface area (TPSA) is 17.8 Å². The minimum atomic E-state index is 0.739. The third-order valence-corrected chi connectivity index (χ3v) is 4.65. The van der Waals surface area contributed by atoms with Gasteiger partial charge in [-0.15, -0.1) is 0 Å². The van der Waals surface area contributed by atoms with Gasteiger partial charge in [0, 0.05) is 26.9 Å². The Morgan fingerprint density at radius 3 is 2.42 bits per heavy atom. The summed E-state index contributed by atoms with van der Waals surface area (Å²) >= 11 is 6.26. The zero-order valence-corrected chi connectivity index (χ0v) is 13.5. The second kappa shape index (κ2) is 5.08. The molecule has 5 aromatic rings. The van der Waals surface area contributed by atoms with Gasteiger partial charge in [0.1, 0.15) is 5.65 Å². The highest BCUT2D eigenvalue weighted by molar-refractivity contribution is 6.32. The molecule has 2 heterocycles. The zero-order chi connectivity index (χ0) is 16.1. The van der Waals surface area contributed by atoms with Crippen molar-refractivity contribution in [1.82, 2.24) is 9.55 Å². The Bertz CT molecular complexity index is 1210. The molecule has 0 saturated heterocycles. The molecule has 0 radical (unpaired) electrons. The summed E-state index contributed by atoms with van der Waals surface area (Å²) in [5.41, 5.74) is 4.17. The van der Waals surface area contributed by atoms with Crippen molar-refractivity contribution in [3.63, 3.8) is 0 Å². The summed E-state index contributed by atoms with van der Waals surface area (Å²) in [5, 5.41) is 4.12. The Morgan fingerprint density at radius 1 is 0.750 bits per heavy atom. The number of fused-ring (bicyclic) bond motifs is 4. The highest BCUT2D eigenvalue weighted by Gasteiger charge is 2.14. The summed E-state index contributed by atoms with van der Waals surface area (Å²) in [6.07, 6.45) is 0. The summed E-state index contributed by atoms with van der Waals surface area (Å²) in [5.74, 6) is 0. The third-order valence-electron chi connectivity index (χ3n) is 4.42. The van der Waals surface area contributed by atoms with Gasteiger partial charge >= 0.3 is 0 Å². The van der Waals surface area contributed by atoms with Gasteiger partial charge in [-0.3, -0.25) is 4.57 Å². The van der Waals surface area contributed by atoms with Gasteiger partial charge in [0.05, 0.1) is 11.0 Å². The van der Waals surface area contributed by atoms with Gasteiger partial charge in [-0.2, -0.15) is 0 Å². The molecule has 24 heavy (non-hydrogen) atoms. The van der Waals surface area contributed by atoms with Gasteiger partial charge < -0.3 is 0 Å². The van der Waals surface area contributed by atoms with Gasteiger partial charge in [-0.1, -0.05) is 48.0 Å². The largest absolute Gasteiger partial charge is 0.294 e. The second-order valence-corrected chi connectivity index (χ2v) is 6.32. The number of hydrogen-bond acceptors (Lipinski definition) is 1. The molecule has 0 spiro atoms. The average Bonchev–Trinajstić information content (AvgIpc) is 2.93. The van der Waals surface area contributed by atoms with Crippen molar-refractivity contribution >= 4 is 44.4 Å². The summed E-state index contributed by atoms with van der Waals surface area (Å²) in [7, 11) is 0. The lowest BCUT2D eigenvalue weighted by molar-refractivity contribution is 1.15. The minimum Gasteiger partial charge on any atom is -0.294 e. The Morgan fingerprint density at radius 2 is 1.54 bits per heavy atom. The number of aromatic nitrogens is 2. The van der Waals surface area contributed by atoms with Crippen molar-refractivity contribution in [2.45, 2.75) is 0 Å². The first kappa shape index (κ1) is 13.6. The Hall–Kier alpha value is -2.84. The Balaban J connectivity index is 2.03. The van der Waals surface area contributed by atoms with E-state index in [0.29, 0.717) is 0 Å². The quantitative estimate of drug-likeness (QED) is 0.370. The van der Waals surface area contributed by atoms with E-state index in [2.05, 4.69) is 41.0 Å². The molecule has 0 atom stereocenters. The van der Waals surface area contributed by atoms with E-state index in [0.717, 1.165) is 43.5 Å².